The molecule has 0 unspecified atom stereocenters. The van der Waals surface area contributed by atoms with Crippen molar-refractivity contribution in [3.63, 3.8) is 0 Å². The van der Waals surface area contributed by atoms with Gasteiger partial charge in [-0.25, -0.2) is 19.1 Å². The zero-order chi connectivity index (χ0) is 46.1. The van der Waals surface area contributed by atoms with Crippen LogP contribution in [-0.4, -0.2) is 99.7 Å². The molecule has 5 heterocycles. The SMILES string of the molecule is CCCc1cc2n(c(=O)c1COC(=O)COC(=O)N(C)CCOCCn1ccc3cc(-n4c(O)nnc4-c4cc(C(C)C)c(O)cc4O)ccc31)Cc1c-2nc2ccc(O)cc2c1CC. The summed E-state index contributed by atoms with van der Waals surface area (Å²) >= 11 is 0. The summed E-state index contributed by atoms with van der Waals surface area (Å²) in [6.45, 7) is 8.53. The lowest BCUT2D eigenvalue weighted by Gasteiger charge is -2.17. The van der Waals surface area contributed by atoms with E-state index in [4.69, 9.17) is 19.2 Å². The van der Waals surface area contributed by atoms with Crippen LogP contribution in [0.2, 0.25) is 0 Å². The Balaban J connectivity index is 0.820. The number of benzene rings is 3. The maximum Gasteiger partial charge on any atom is 0.410 e. The fourth-order valence-corrected chi connectivity index (χ4v) is 8.47. The molecule has 0 saturated heterocycles. The lowest BCUT2D eigenvalue weighted by molar-refractivity contribution is -0.148. The fourth-order valence-electron chi connectivity index (χ4n) is 8.47. The number of pyridine rings is 2. The number of aromatic nitrogens is 6. The first-order valence-electron chi connectivity index (χ1n) is 21.6. The molecule has 17 heteroatoms. The van der Waals surface area contributed by atoms with Gasteiger partial charge in [0.05, 0.1) is 53.5 Å². The predicted molar refractivity (Wildman–Crippen MR) is 242 cm³/mol. The number of fused-ring (bicyclic) bond motifs is 5. The van der Waals surface area contributed by atoms with Gasteiger partial charge in [-0.05, 0) is 90.0 Å². The molecule has 17 nitrogen and oxygen atoms in total. The van der Waals surface area contributed by atoms with E-state index in [1.54, 1.807) is 34.9 Å². The van der Waals surface area contributed by atoms with Crippen LogP contribution >= 0.6 is 0 Å². The van der Waals surface area contributed by atoms with Gasteiger partial charge in [-0.3, -0.25) is 4.79 Å². The zero-order valence-electron chi connectivity index (χ0n) is 36.9. The van der Waals surface area contributed by atoms with Crippen LogP contribution in [-0.2, 0) is 51.5 Å². The standard InChI is InChI=1S/C48H51N7O10/c1-6-8-28-20-40-44-36(32(7-2)34-21-31(56)10-11-38(34)49-44)24-54(40)46(60)37(28)25-64-43(59)26-65-48(62)52(5)15-17-63-18-16-53-14-13-29-19-30(9-12-39(29)53)55-45(50-51-47(55)61)35-22-33(27(3)4)41(57)23-42(35)58/h9-14,19-23,27,56-58H,6-8,15-18,24-26H2,1-5H3,(H,51,61). The summed E-state index contributed by atoms with van der Waals surface area (Å²) in [7, 11) is 1.53. The lowest BCUT2D eigenvalue weighted by Crippen LogP contribution is -2.32. The van der Waals surface area contributed by atoms with Crippen molar-refractivity contribution in [2.75, 3.05) is 33.4 Å². The molecule has 0 radical (unpaired) electrons. The number of rotatable bonds is 16. The molecule has 0 bridgehead atoms. The maximum absolute atomic E-state index is 13.9. The molecular formula is C48H51N7O10. The van der Waals surface area contributed by atoms with Crippen LogP contribution in [0.25, 0.3) is 50.3 Å². The Kier molecular flexibility index (Phi) is 12.5. The van der Waals surface area contributed by atoms with Crippen LogP contribution in [0.15, 0.2) is 71.7 Å². The van der Waals surface area contributed by atoms with Crippen molar-refractivity contribution in [3.8, 4) is 51.7 Å². The summed E-state index contributed by atoms with van der Waals surface area (Å²) in [6, 6.07) is 17.0. The largest absolute Gasteiger partial charge is 0.508 e. The highest BCUT2D eigenvalue weighted by molar-refractivity contribution is 5.89. The van der Waals surface area contributed by atoms with Crippen molar-refractivity contribution in [1.29, 1.82) is 0 Å². The van der Waals surface area contributed by atoms with Gasteiger partial charge < -0.3 is 48.7 Å². The van der Waals surface area contributed by atoms with Gasteiger partial charge in [0.2, 0.25) is 0 Å². The molecular weight excluding hydrogens is 835 g/mol. The molecule has 0 saturated carbocycles. The molecule has 4 N–H and O–H groups in total. The van der Waals surface area contributed by atoms with Gasteiger partial charge in [0.15, 0.2) is 12.4 Å². The second-order valence-electron chi connectivity index (χ2n) is 16.4. The maximum atomic E-state index is 13.9. The number of carbonyl (C=O) groups excluding carboxylic acids is 2. The first-order chi connectivity index (χ1) is 31.3. The molecule has 0 atom stereocenters. The number of aromatic hydroxyl groups is 4. The Labute approximate surface area is 373 Å². The minimum Gasteiger partial charge on any atom is -0.508 e. The first-order valence-corrected chi connectivity index (χ1v) is 21.6. The fraction of sp³-hybridized carbons (Fsp3) is 0.333. The van der Waals surface area contributed by atoms with E-state index in [2.05, 4.69) is 10.2 Å². The van der Waals surface area contributed by atoms with Crippen molar-refractivity contribution in [2.24, 2.45) is 0 Å². The van der Waals surface area contributed by atoms with Crippen molar-refractivity contribution in [2.45, 2.75) is 72.6 Å². The number of ether oxygens (including phenoxy) is 3. The molecule has 0 aliphatic carbocycles. The number of aryl methyl sites for hydroxylation is 2. The van der Waals surface area contributed by atoms with Gasteiger partial charge in [0.1, 0.15) is 23.9 Å². The summed E-state index contributed by atoms with van der Waals surface area (Å²) in [5.41, 5.74) is 7.40. The monoisotopic (exact) mass is 885 g/mol. The number of nitrogens with zero attached hydrogens (tertiary/aromatic N) is 7. The molecule has 0 spiro atoms. The number of hydrogen-bond acceptors (Lipinski definition) is 13. The molecule has 1 aliphatic heterocycles. The normalized spacial score (nSPS) is 12.0. The van der Waals surface area contributed by atoms with Gasteiger partial charge >= 0.3 is 18.1 Å². The third-order valence-corrected chi connectivity index (χ3v) is 11.8. The Morgan fingerprint density at radius 1 is 0.908 bits per heavy atom. The van der Waals surface area contributed by atoms with Crippen molar-refractivity contribution in [1.82, 2.24) is 33.8 Å². The third-order valence-electron chi connectivity index (χ3n) is 11.8. The van der Waals surface area contributed by atoms with E-state index in [0.29, 0.717) is 60.6 Å². The Morgan fingerprint density at radius 2 is 1.72 bits per heavy atom. The number of phenolic OH excluding ortho intramolecular Hbond substituents is 3. The number of carbonyl (C=O) groups is 2. The summed E-state index contributed by atoms with van der Waals surface area (Å²) in [4.78, 5) is 45.6. The third kappa shape index (κ3) is 8.66. The lowest BCUT2D eigenvalue weighted by atomic mass is 9.98. The average molecular weight is 886 g/mol. The molecule has 338 valence electrons. The zero-order valence-corrected chi connectivity index (χ0v) is 36.9. The van der Waals surface area contributed by atoms with Gasteiger partial charge in [0, 0.05) is 54.3 Å². The topological polar surface area (TPSA) is 217 Å². The smallest absolute Gasteiger partial charge is 0.410 e. The van der Waals surface area contributed by atoms with Crippen molar-refractivity contribution >= 4 is 33.9 Å². The highest BCUT2D eigenvalue weighted by Gasteiger charge is 2.28. The van der Waals surface area contributed by atoms with E-state index >= 15 is 0 Å². The first kappa shape index (κ1) is 44.2. The molecule has 65 heavy (non-hydrogen) atoms. The second-order valence-corrected chi connectivity index (χ2v) is 16.4. The number of likely N-dealkylation sites (N-methyl/N-ethyl adjacent to an activating group) is 1. The van der Waals surface area contributed by atoms with E-state index in [0.717, 1.165) is 50.6 Å². The minimum atomic E-state index is -0.790. The summed E-state index contributed by atoms with van der Waals surface area (Å²) in [5.74, 6) is -0.694. The van der Waals surface area contributed by atoms with Gasteiger partial charge in [-0.2, -0.15) is 0 Å². The van der Waals surface area contributed by atoms with Crippen molar-refractivity contribution in [3.05, 3.63) is 105 Å². The molecule has 4 aromatic heterocycles. The number of hydrogen-bond donors (Lipinski definition) is 4. The van der Waals surface area contributed by atoms with Crippen LogP contribution in [0.5, 0.6) is 23.3 Å². The van der Waals surface area contributed by atoms with E-state index in [1.807, 2.05) is 62.7 Å². The average Bonchev–Trinajstić information content (AvgIpc) is 3.98. The van der Waals surface area contributed by atoms with Crippen LogP contribution in [0.3, 0.4) is 0 Å². The Morgan fingerprint density at radius 3 is 2.49 bits per heavy atom. The highest BCUT2D eigenvalue weighted by atomic mass is 16.6. The molecule has 0 fully saturated rings. The molecule has 8 rings (SSSR count). The predicted octanol–water partition coefficient (Wildman–Crippen LogP) is 6.92. The number of esters is 1. The molecule has 1 aliphatic rings. The van der Waals surface area contributed by atoms with Crippen molar-refractivity contribution < 1.29 is 44.2 Å². The van der Waals surface area contributed by atoms with Gasteiger partial charge in [-0.15, -0.1) is 5.10 Å². The van der Waals surface area contributed by atoms with Crippen LogP contribution < -0.4 is 5.56 Å². The second kappa shape index (κ2) is 18.4. The van der Waals surface area contributed by atoms with E-state index in [1.165, 1.54) is 22.6 Å². The quantitative estimate of drug-likeness (QED) is 0.0574. The van der Waals surface area contributed by atoms with E-state index < -0.39 is 18.7 Å². The van der Waals surface area contributed by atoms with E-state index in [-0.39, 0.29) is 60.3 Å². The molecule has 7 aromatic rings. The number of phenols is 3. The molecule has 1 amide bonds. The van der Waals surface area contributed by atoms with Crippen LogP contribution in [0.4, 0.5) is 4.79 Å². The summed E-state index contributed by atoms with van der Waals surface area (Å²) < 4.78 is 21.6. The Bertz CT molecular complexity index is 3020. The van der Waals surface area contributed by atoms with E-state index in [9.17, 15) is 34.8 Å². The number of amides is 1. The summed E-state index contributed by atoms with van der Waals surface area (Å²) in [6.07, 6.45) is 3.22. The van der Waals surface area contributed by atoms with Crippen LogP contribution in [0, 0.1) is 0 Å². The van der Waals surface area contributed by atoms with Gasteiger partial charge in [0.25, 0.3) is 5.56 Å². The molecule has 3 aromatic carbocycles. The minimum absolute atomic E-state index is 0.0293. The van der Waals surface area contributed by atoms with Gasteiger partial charge in [-0.1, -0.05) is 39.2 Å². The van der Waals surface area contributed by atoms with Crippen LogP contribution in [0.1, 0.15) is 67.9 Å². The highest BCUT2D eigenvalue weighted by Crippen LogP contribution is 2.40. The summed E-state index contributed by atoms with van der Waals surface area (Å²) in [5, 5.41) is 51.5. The Hall–Kier alpha value is -7.40.